The minimum Gasteiger partial charge on any atom is -0.240 e. The molecule has 0 amide bonds. The molecule has 0 saturated heterocycles. The van der Waals surface area contributed by atoms with E-state index in [1.165, 1.54) is 10.9 Å². The Kier molecular flexibility index (Phi) is 2.27. The molecule has 1 aromatic heterocycles. The minimum absolute atomic E-state index is 0.186. The van der Waals surface area contributed by atoms with E-state index in [2.05, 4.69) is 5.10 Å². The molecule has 0 unspecified atom stereocenters. The van der Waals surface area contributed by atoms with Crippen LogP contribution in [0.4, 0.5) is 4.39 Å². The summed E-state index contributed by atoms with van der Waals surface area (Å²) in [6, 6.07) is 0. The number of aromatic nitrogens is 2. The zero-order chi connectivity index (χ0) is 7.56. The fraction of sp³-hybridized carbons (Fsp3) is 0.500. The van der Waals surface area contributed by atoms with Gasteiger partial charge >= 0.3 is 0 Å². The van der Waals surface area contributed by atoms with Gasteiger partial charge in [-0.3, -0.25) is 0 Å². The molecule has 0 aliphatic rings. The van der Waals surface area contributed by atoms with Crippen molar-refractivity contribution in [3.63, 3.8) is 0 Å². The van der Waals surface area contributed by atoms with E-state index in [0.29, 0.717) is 12.1 Å². The van der Waals surface area contributed by atoms with Gasteiger partial charge in [0.1, 0.15) is 0 Å². The third-order valence-electron chi connectivity index (χ3n) is 1.29. The standard InChI is InChI=1S/C6H8ClFN2/c1-2-10-6(8)5(3-7)4-9-10/h4H,2-3H2,1H3. The van der Waals surface area contributed by atoms with Crippen molar-refractivity contribution in [3.8, 4) is 0 Å². The quantitative estimate of drug-likeness (QED) is 0.607. The molecule has 0 radical (unpaired) electrons. The molecule has 0 aromatic carbocycles. The van der Waals surface area contributed by atoms with Crippen molar-refractivity contribution in [3.05, 3.63) is 17.7 Å². The van der Waals surface area contributed by atoms with E-state index in [-0.39, 0.29) is 11.8 Å². The molecule has 2 nitrogen and oxygen atoms in total. The molecule has 56 valence electrons. The molecule has 1 rings (SSSR count). The molecule has 1 heterocycles. The lowest BCUT2D eigenvalue weighted by Gasteiger charge is -1.94. The molecular weight excluding hydrogens is 155 g/mol. The first-order valence-electron chi connectivity index (χ1n) is 3.05. The van der Waals surface area contributed by atoms with Crippen LogP contribution in [0, 0.1) is 5.95 Å². The highest BCUT2D eigenvalue weighted by molar-refractivity contribution is 6.17. The molecule has 0 bridgehead atoms. The summed E-state index contributed by atoms with van der Waals surface area (Å²) in [5.74, 6) is -0.135. The van der Waals surface area contributed by atoms with Crippen molar-refractivity contribution >= 4 is 11.6 Å². The first-order chi connectivity index (χ1) is 4.79. The van der Waals surface area contributed by atoms with Crippen molar-refractivity contribution in [2.45, 2.75) is 19.3 Å². The molecule has 0 fully saturated rings. The summed E-state index contributed by atoms with van der Waals surface area (Å²) in [6.07, 6.45) is 1.45. The van der Waals surface area contributed by atoms with Crippen LogP contribution in [0.2, 0.25) is 0 Å². The lowest BCUT2D eigenvalue weighted by atomic mass is 10.4. The predicted octanol–water partition coefficient (Wildman–Crippen LogP) is 1.78. The van der Waals surface area contributed by atoms with Crippen LogP contribution < -0.4 is 0 Å². The lowest BCUT2D eigenvalue weighted by Crippen LogP contribution is -1.99. The monoisotopic (exact) mass is 162 g/mol. The maximum absolute atomic E-state index is 12.8. The third kappa shape index (κ3) is 1.14. The van der Waals surface area contributed by atoms with Crippen molar-refractivity contribution in [2.75, 3.05) is 0 Å². The Morgan fingerprint density at radius 2 is 2.50 bits per heavy atom. The average Bonchev–Trinajstić information content (AvgIpc) is 2.30. The Hall–Kier alpha value is -0.570. The summed E-state index contributed by atoms with van der Waals surface area (Å²) in [5, 5.41) is 3.76. The van der Waals surface area contributed by atoms with Gasteiger partial charge in [0.05, 0.1) is 12.1 Å². The van der Waals surface area contributed by atoms with Gasteiger partial charge in [-0.05, 0) is 6.92 Å². The number of rotatable bonds is 2. The number of hydrogen-bond acceptors (Lipinski definition) is 1. The zero-order valence-electron chi connectivity index (χ0n) is 5.64. The minimum atomic E-state index is -0.322. The fourth-order valence-corrected chi connectivity index (χ4v) is 0.898. The molecule has 0 aliphatic heterocycles. The van der Waals surface area contributed by atoms with Crippen LogP contribution in [0.5, 0.6) is 0 Å². The van der Waals surface area contributed by atoms with Gasteiger partial charge in [-0.15, -0.1) is 11.6 Å². The van der Waals surface area contributed by atoms with E-state index in [1.807, 2.05) is 6.92 Å². The SMILES string of the molecule is CCn1ncc(CCl)c1F. The highest BCUT2D eigenvalue weighted by atomic mass is 35.5. The van der Waals surface area contributed by atoms with E-state index < -0.39 is 0 Å². The first-order valence-corrected chi connectivity index (χ1v) is 3.59. The smallest absolute Gasteiger partial charge is 0.215 e. The Morgan fingerprint density at radius 3 is 2.80 bits per heavy atom. The maximum atomic E-state index is 12.8. The van der Waals surface area contributed by atoms with Crippen molar-refractivity contribution in [1.29, 1.82) is 0 Å². The summed E-state index contributed by atoms with van der Waals surface area (Å²) < 4.78 is 14.1. The molecule has 0 saturated carbocycles. The van der Waals surface area contributed by atoms with Gasteiger partial charge in [-0.2, -0.15) is 9.49 Å². The molecule has 1 aromatic rings. The van der Waals surface area contributed by atoms with Crippen molar-refractivity contribution < 1.29 is 4.39 Å². The molecule has 4 heteroatoms. The van der Waals surface area contributed by atoms with E-state index in [0.717, 1.165) is 0 Å². The van der Waals surface area contributed by atoms with Crippen LogP contribution in [0.15, 0.2) is 6.20 Å². The highest BCUT2D eigenvalue weighted by Gasteiger charge is 2.06. The summed E-state index contributed by atoms with van der Waals surface area (Å²) in [4.78, 5) is 0. The van der Waals surface area contributed by atoms with Crippen molar-refractivity contribution in [2.24, 2.45) is 0 Å². The number of aryl methyl sites for hydroxylation is 1. The molecule has 0 N–H and O–H groups in total. The van der Waals surface area contributed by atoms with Crippen LogP contribution >= 0.6 is 11.6 Å². The normalized spacial score (nSPS) is 10.3. The molecule has 0 atom stereocenters. The largest absolute Gasteiger partial charge is 0.240 e. The van der Waals surface area contributed by atoms with Crippen LogP contribution in [-0.4, -0.2) is 9.78 Å². The first kappa shape index (κ1) is 7.54. The Balaban J connectivity index is 2.97. The fourth-order valence-electron chi connectivity index (χ4n) is 0.719. The average molecular weight is 163 g/mol. The molecule has 10 heavy (non-hydrogen) atoms. The number of hydrogen-bond donors (Lipinski definition) is 0. The van der Waals surface area contributed by atoms with E-state index >= 15 is 0 Å². The van der Waals surface area contributed by atoms with Gasteiger partial charge < -0.3 is 0 Å². The van der Waals surface area contributed by atoms with Crippen molar-refractivity contribution in [1.82, 2.24) is 9.78 Å². The van der Waals surface area contributed by atoms with E-state index in [9.17, 15) is 4.39 Å². The molecule has 0 spiro atoms. The van der Waals surface area contributed by atoms with Gasteiger partial charge in [-0.1, -0.05) is 0 Å². The second-order valence-electron chi connectivity index (χ2n) is 1.91. The zero-order valence-corrected chi connectivity index (χ0v) is 6.40. The summed E-state index contributed by atoms with van der Waals surface area (Å²) >= 11 is 5.41. The Bertz CT molecular complexity index is 200. The maximum Gasteiger partial charge on any atom is 0.215 e. The Morgan fingerprint density at radius 1 is 1.80 bits per heavy atom. The topological polar surface area (TPSA) is 17.8 Å². The predicted molar refractivity (Wildman–Crippen MR) is 37.4 cm³/mol. The summed E-state index contributed by atoms with van der Waals surface area (Å²) in [5.41, 5.74) is 0.462. The Labute approximate surface area is 63.6 Å². The molecular formula is C6H8ClFN2. The van der Waals surface area contributed by atoms with Gasteiger partial charge in [0.25, 0.3) is 0 Å². The van der Waals surface area contributed by atoms with Gasteiger partial charge in [0, 0.05) is 12.1 Å². The van der Waals surface area contributed by atoms with Gasteiger partial charge in [0.2, 0.25) is 5.95 Å². The lowest BCUT2D eigenvalue weighted by molar-refractivity contribution is 0.466. The number of halogens is 2. The van der Waals surface area contributed by atoms with Crippen LogP contribution in [0.3, 0.4) is 0 Å². The second-order valence-corrected chi connectivity index (χ2v) is 2.18. The van der Waals surface area contributed by atoms with Gasteiger partial charge in [-0.25, -0.2) is 4.68 Å². The molecule has 0 aliphatic carbocycles. The van der Waals surface area contributed by atoms with Gasteiger partial charge in [0.15, 0.2) is 0 Å². The third-order valence-corrected chi connectivity index (χ3v) is 1.58. The summed E-state index contributed by atoms with van der Waals surface area (Å²) in [7, 11) is 0. The summed E-state index contributed by atoms with van der Waals surface area (Å²) in [6.45, 7) is 2.37. The van der Waals surface area contributed by atoms with E-state index in [4.69, 9.17) is 11.6 Å². The number of nitrogens with zero attached hydrogens (tertiary/aromatic N) is 2. The van der Waals surface area contributed by atoms with Crippen LogP contribution in [0.25, 0.3) is 0 Å². The van der Waals surface area contributed by atoms with E-state index in [1.54, 1.807) is 0 Å². The van der Waals surface area contributed by atoms with Crippen LogP contribution in [-0.2, 0) is 12.4 Å². The van der Waals surface area contributed by atoms with Crippen LogP contribution in [0.1, 0.15) is 12.5 Å². The highest BCUT2D eigenvalue weighted by Crippen LogP contribution is 2.08. The second kappa shape index (κ2) is 3.01. The number of alkyl halides is 1.